The van der Waals surface area contributed by atoms with Gasteiger partial charge in [-0.15, -0.1) is 11.8 Å². The third kappa shape index (κ3) is 4.84. The number of hydrogen-bond acceptors (Lipinski definition) is 6. The monoisotopic (exact) mass is 423 g/mol. The van der Waals surface area contributed by atoms with E-state index >= 15 is 0 Å². The van der Waals surface area contributed by atoms with Crippen LogP contribution in [0.5, 0.6) is 5.75 Å². The maximum atomic E-state index is 13.1. The van der Waals surface area contributed by atoms with Crippen LogP contribution in [-0.2, 0) is 4.79 Å². The van der Waals surface area contributed by atoms with Gasteiger partial charge >= 0.3 is 0 Å². The fraction of sp³-hybridized carbons (Fsp3) is 0.348. The molecule has 2 aromatic heterocycles. The van der Waals surface area contributed by atoms with Crippen molar-refractivity contribution in [3.63, 3.8) is 0 Å². The smallest absolute Gasteiger partial charge is 0.233 e. The Balaban J connectivity index is 1.50. The number of ether oxygens (including phenoxy) is 1. The summed E-state index contributed by atoms with van der Waals surface area (Å²) >= 11 is 1.54. The van der Waals surface area contributed by atoms with Gasteiger partial charge in [0.2, 0.25) is 5.91 Å². The number of aromatic nitrogens is 2. The predicted molar refractivity (Wildman–Crippen MR) is 116 cm³/mol. The third-order valence-corrected chi connectivity index (χ3v) is 6.32. The van der Waals surface area contributed by atoms with Gasteiger partial charge in [-0.3, -0.25) is 9.78 Å². The van der Waals surface area contributed by atoms with Crippen molar-refractivity contribution in [2.45, 2.75) is 36.6 Å². The average molecular weight is 424 g/mol. The van der Waals surface area contributed by atoms with Crippen LogP contribution in [0.25, 0.3) is 11.3 Å². The van der Waals surface area contributed by atoms with Crippen LogP contribution in [0.4, 0.5) is 0 Å². The van der Waals surface area contributed by atoms with Crippen molar-refractivity contribution in [3.05, 3.63) is 60.6 Å². The zero-order valence-electron chi connectivity index (χ0n) is 17.0. The van der Waals surface area contributed by atoms with E-state index in [2.05, 4.69) is 10.1 Å². The molecule has 1 aliphatic heterocycles. The summed E-state index contributed by atoms with van der Waals surface area (Å²) < 4.78 is 10.9. The molecule has 30 heavy (non-hydrogen) atoms. The summed E-state index contributed by atoms with van der Waals surface area (Å²) in [5, 5.41) is 4.27. The highest BCUT2D eigenvalue weighted by molar-refractivity contribution is 8.00. The molecule has 0 bridgehead atoms. The first-order chi connectivity index (χ1) is 14.7. The Hall–Kier alpha value is -2.80. The second-order valence-corrected chi connectivity index (χ2v) is 8.32. The van der Waals surface area contributed by atoms with Crippen molar-refractivity contribution < 1.29 is 14.1 Å². The van der Waals surface area contributed by atoms with Crippen molar-refractivity contribution >= 4 is 17.7 Å². The van der Waals surface area contributed by atoms with E-state index in [-0.39, 0.29) is 11.9 Å². The molecule has 0 aliphatic carbocycles. The first-order valence-corrected chi connectivity index (χ1v) is 11.2. The first kappa shape index (κ1) is 20.5. The molecule has 0 spiro atoms. The van der Waals surface area contributed by atoms with Gasteiger partial charge in [-0.2, -0.15) is 0 Å². The summed E-state index contributed by atoms with van der Waals surface area (Å²) in [7, 11) is 1.65. The Bertz CT molecular complexity index is 959. The number of carbonyl (C=O) groups excluding carboxylic acids is 1. The quantitative estimate of drug-likeness (QED) is 0.521. The summed E-state index contributed by atoms with van der Waals surface area (Å²) in [5.41, 5.74) is 1.74. The lowest BCUT2D eigenvalue weighted by molar-refractivity contribution is -0.131. The van der Waals surface area contributed by atoms with Gasteiger partial charge in [0.15, 0.2) is 5.76 Å². The standard InChI is InChI=1S/C23H25N3O3S/c1-28-18-8-6-17(7-9-18)20-15-22(29-25-20)21-5-3-2-4-14-26(21)23(27)16-30-19-10-12-24-13-11-19/h6-13,15,21H,2-5,14,16H2,1H3. The molecule has 3 heterocycles. The molecule has 7 heteroatoms. The minimum Gasteiger partial charge on any atom is -0.497 e. The van der Waals surface area contributed by atoms with Crippen molar-refractivity contribution in [1.82, 2.24) is 15.0 Å². The summed E-state index contributed by atoms with van der Waals surface area (Å²) in [6, 6.07) is 13.5. The highest BCUT2D eigenvalue weighted by atomic mass is 32.2. The minimum atomic E-state index is -0.0717. The number of carbonyl (C=O) groups is 1. The summed E-state index contributed by atoms with van der Waals surface area (Å²) in [6.07, 6.45) is 7.60. The van der Waals surface area contributed by atoms with Crippen molar-refractivity contribution in [1.29, 1.82) is 0 Å². The van der Waals surface area contributed by atoms with Gasteiger partial charge in [-0.1, -0.05) is 18.0 Å². The van der Waals surface area contributed by atoms with E-state index < -0.39 is 0 Å². The second kappa shape index (κ2) is 9.80. The molecule has 0 radical (unpaired) electrons. The van der Waals surface area contributed by atoms with E-state index in [9.17, 15) is 4.79 Å². The Morgan fingerprint density at radius 1 is 1.17 bits per heavy atom. The first-order valence-electron chi connectivity index (χ1n) is 10.2. The van der Waals surface area contributed by atoms with Crippen LogP contribution < -0.4 is 4.74 Å². The Morgan fingerprint density at radius 3 is 2.73 bits per heavy atom. The molecule has 1 aromatic carbocycles. The van der Waals surface area contributed by atoms with Crippen LogP contribution in [0.2, 0.25) is 0 Å². The largest absolute Gasteiger partial charge is 0.497 e. The third-order valence-electron chi connectivity index (χ3n) is 5.33. The lowest BCUT2D eigenvalue weighted by Crippen LogP contribution is -2.35. The molecule has 4 rings (SSSR count). The van der Waals surface area contributed by atoms with E-state index in [1.165, 1.54) is 0 Å². The molecule has 1 saturated heterocycles. The number of likely N-dealkylation sites (tertiary alicyclic amines) is 1. The van der Waals surface area contributed by atoms with Crippen LogP contribution in [0, 0.1) is 0 Å². The van der Waals surface area contributed by atoms with Crippen LogP contribution in [0.15, 0.2) is 64.3 Å². The Kier molecular flexibility index (Phi) is 6.69. The number of amides is 1. The number of methoxy groups -OCH3 is 1. The van der Waals surface area contributed by atoms with Gasteiger partial charge in [0.1, 0.15) is 11.4 Å². The zero-order valence-corrected chi connectivity index (χ0v) is 17.8. The second-order valence-electron chi connectivity index (χ2n) is 7.27. The van der Waals surface area contributed by atoms with E-state index in [1.807, 2.05) is 47.4 Å². The van der Waals surface area contributed by atoms with E-state index in [4.69, 9.17) is 9.26 Å². The Morgan fingerprint density at radius 2 is 1.97 bits per heavy atom. The number of nitrogens with zero attached hydrogens (tertiary/aromatic N) is 3. The summed E-state index contributed by atoms with van der Waals surface area (Å²) in [4.78, 5) is 20.1. The fourth-order valence-corrected chi connectivity index (χ4v) is 4.48. The number of pyridine rings is 1. The van der Waals surface area contributed by atoms with Gasteiger partial charge in [-0.05, 0) is 49.2 Å². The molecule has 0 N–H and O–H groups in total. The van der Waals surface area contributed by atoms with E-state index in [0.717, 1.165) is 59.9 Å². The van der Waals surface area contributed by atoms with Crippen LogP contribution in [0.1, 0.15) is 37.5 Å². The van der Waals surface area contributed by atoms with Gasteiger partial charge in [0.05, 0.1) is 18.9 Å². The summed E-state index contributed by atoms with van der Waals surface area (Å²) in [6.45, 7) is 0.749. The zero-order chi connectivity index (χ0) is 20.8. The van der Waals surface area contributed by atoms with Gasteiger partial charge < -0.3 is 14.2 Å². The van der Waals surface area contributed by atoms with Gasteiger partial charge in [0, 0.05) is 35.5 Å². The maximum absolute atomic E-state index is 13.1. The van der Waals surface area contributed by atoms with Gasteiger partial charge in [0.25, 0.3) is 0 Å². The fourth-order valence-electron chi connectivity index (χ4n) is 3.71. The van der Waals surface area contributed by atoms with Crippen LogP contribution in [-0.4, -0.2) is 40.4 Å². The Labute approximate surface area is 180 Å². The van der Waals surface area contributed by atoms with E-state index in [0.29, 0.717) is 5.75 Å². The van der Waals surface area contributed by atoms with Crippen molar-refractivity contribution in [3.8, 4) is 17.0 Å². The molecule has 156 valence electrons. The van der Waals surface area contributed by atoms with Gasteiger partial charge in [-0.25, -0.2) is 0 Å². The molecule has 0 saturated carbocycles. The highest BCUT2D eigenvalue weighted by Gasteiger charge is 2.29. The maximum Gasteiger partial charge on any atom is 0.233 e. The SMILES string of the molecule is COc1ccc(-c2cc(C3CCCCCN3C(=O)CSc3ccncc3)on2)cc1. The number of benzene rings is 1. The average Bonchev–Trinajstić information content (AvgIpc) is 3.16. The van der Waals surface area contributed by atoms with Crippen molar-refractivity contribution in [2.24, 2.45) is 0 Å². The topological polar surface area (TPSA) is 68.5 Å². The van der Waals surface area contributed by atoms with Crippen LogP contribution in [0.3, 0.4) is 0 Å². The lowest BCUT2D eigenvalue weighted by atomic mass is 10.1. The molecule has 1 amide bonds. The highest BCUT2D eigenvalue weighted by Crippen LogP contribution is 2.33. The molecule has 1 unspecified atom stereocenters. The normalized spacial score (nSPS) is 16.8. The number of thioether (sulfide) groups is 1. The molecule has 6 nitrogen and oxygen atoms in total. The van der Waals surface area contributed by atoms with E-state index in [1.54, 1.807) is 31.3 Å². The molecule has 3 aromatic rings. The molecule has 1 aliphatic rings. The summed E-state index contributed by atoms with van der Waals surface area (Å²) in [5.74, 6) is 2.09. The molecule has 1 atom stereocenters. The molecular formula is C23H25N3O3S. The predicted octanol–water partition coefficient (Wildman–Crippen LogP) is 4.98. The molecular weight excluding hydrogens is 398 g/mol. The van der Waals surface area contributed by atoms with Crippen molar-refractivity contribution in [2.75, 3.05) is 19.4 Å². The number of rotatable bonds is 6. The lowest BCUT2D eigenvalue weighted by Gasteiger charge is -2.28. The molecule has 1 fully saturated rings. The minimum absolute atomic E-state index is 0.0717. The number of hydrogen-bond donors (Lipinski definition) is 0. The van der Waals surface area contributed by atoms with Crippen LogP contribution >= 0.6 is 11.8 Å².